The second kappa shape index (κ2) is 10.0. The van der Waals surface area contributed by atoms with Crippen LogP contribution in [0.25, 0.3) is 0 Å². The Balaban J connectivity index is 1.40. The lowest BCUT2D eigenvalue weighted by Crippen LogP contribution is -2.30. The molecule has 1 fully saturated rings. The first kappa shape index (κ1) is 23.4. The van der Waals surface area contributed by atoms with E-state index in [-0.39, 0.29) is 24.7 Å². The summed E-state index contributed by atoms with van der Waals surface area (Å²) in [5, 5.41) is 4.70. The van der Waals surface area contributed by atoms with Crippen molar-refractivity contribution in [1.82, 2.24) is 10.2 Å². The molecule has 3 aromatic rings. The van der Waals surface area contributed by atoms with Crippen LogP contribution in [-0.2, 0) is 27.3 Å². The molecule has 0 bridgehead atoms. The lowest BCUT2D eigenvalue weighted by Gasteiger charge is -2.15. The van der Waals surface area contributed by atoms with E-state index in [4.69, 9.17) is 9.47 Å². The van der Waals surface area contributed by atoms with Gasteiger partial charge in [-0.2, -0.15) is 0 Å². The number of imide groups is 2. The molecule has 1 aliphatic rings. The molecule has 0 aliphatic carbocycles. The highest BCUT2D eigenvalue weighted by atomic mass is 19.1. The standard InChI is InChI=1S/C25H20FN3O6/c1-34-21-11-4-16(14-29-24(32)23(31)28-25(29)33)12-20(21)27-22(30)13-15-2-7-18(8-3-15)35-19-9-5-17(26)6-10-19/h2-12H,13-14H2,1H3,(H,27,30)(H,28,31,33). The number of halogens is 1. The number of anilines is 1. The summed E-state index contributed by atoms with van der Waals surface area (Å²) in [6, 6.07) is 16.5. The predicted molar refractivity (Wildman–Crippen MR) is 122 cm³/mol. The van der Waals surface area contributed by atoms with E-state index in [1.807, 2.05) is 5.32 Å². The molecule has 9 nitrogen and oxygen atoms in total. The molecule has 0 unspecified atom stereocenters. The van der Waals surface area contributed by atoms with Gasteiger partial charge in [-0.3, -0.25) is 24.6 Å². The molecule has 10 heteroatoms. The van der Waals surface area contributed by atoms with Gasteiger partial charge in [0, 0.05) is 0 Å². The van der Waals surface area contributed by atoms with Gasteiger partial charge in [0.15, 0.2) is 0 Å². The normalized spacial score (nSPS) is 13.0. The zero-order chi connectivity index (χ0) is 24.9. The van der Waals surface area contributed by atoms with Crippen molar-refractivity contribution < 1.29 is 33.0 Å². The van der Waals surface area contributed by atoms with Gasteiger partial charge in [-0.25, -0.2) is 9.18 Å². The molecule has 1 heterocycles. The SMILES string of the molecule is COc1ccc(CN2C(=O)NC(=O)C2=O)cc1NC(=O)Cc1ccc(Oc2ccc(F)cc2)cc1. The predicted octanol–water partition coefficient (Wildman–Crippen LogP) is 3.39. The van der Waals surface area contributed by atoms with Crippen LogP contribution in [0, 0.1) is 5.82 Å². The second-order valence-electron chi connectivity index (χ2n) is 7.61. The second-order valence-corrected chi connectivity index (χ2v) is 7.61. The van der Waals surface area contributed by atoms with Gasteiger partial charge in [0.2, 0.25) is 5.91 Å². The minimum Gasteiger partial charge on any atom is -0.495 e. The lowest BCUT2D eigenvalue weighted by atomic mass is 10.1. The van der Waals surface area contributed by atoms with E-state index in [2.05, 4.69) is 5.32 Å². The molecule has 0 radical (unpaired) electrons. The van der Waals surface area contributed by atoms with Gasteiger partial charge >= 0.3 is 17.8 Å². The summed E-state index contributed by atoms with van der Waals surface area (Å²) in [6.45, 7) is -0.140. The van der Waals surface area contributed by atoms with Crippen molar-refractivity contribution in [3.8, 4) is 17.2 Å². The Morgan fingerprint density at radius 1 is 0.943 bits per heavy atom. The third-order valence-electron chi connectivity index (χ3n) is 5.12. The van der Waals surface area contributed by atoms with Gasteiger partial charge in [-0.05, 0) is 59.7 Å². The molecule has 5 amide bonds. The summed E-state index contributed by atoms with van der Waals surface area (Å²) in [4.78, 5) is 48.4. The molecule has 0 saturated carbocycles. The molecule has 178 valence electrons. The Hall–Kier alpha value is -4.73. The summed E-state index contributed by atoms with van der Waals surface area (Å²) in [6.07, 6.45) is 0.0612. The maximum Gasteiger partial charge on any atom is 0.331 e. The monoisotopic (exact) mass is 477 g/mol. The molecular weight excluding hydrogens is 457 g/mol. The zero-order valence-corrected chi connectivity index (χ0v) is 18.5. The van der Waals surface area contributed by atoms with Crippen molar-refractivity contribution in [3.63, 3.8) is 0 Å². The average Bonchev–Trinajstić information content (AvgIpc) is 3.08. The summed E-state index contributed by atoms with van der Waals surface area (Å²) in [7, 11) is 1.45. The number of ether oxygens (including phenoxy) is 2. The van der Waals surface area contributed by atoms with Crippen LogP contribution in [0.5, 0.6) is 17.2 Å². The first-order valence-electron chi connectivity index (χ1n) is 10.5. The number of benzene rings is 3. The van der Waals surface area contributed by atoms with Crippen LogP contribution in [0.4, 0.5) is 14.9 Å². The van der Waals surface area contributed by atoms with Crippen LogP contribution in [0.15, 0.2) is 66.7 Å². The molecule has 1 saturated heterocycles. The molecule has 4 rings (SSSR count). The fourth-order valence-corrected chi connectivity index (χ4v) is 3.40. The number of nitrogens with zero attached hydrogens (tertiary/aromatic N) is 1. The van der Waals surface area contributed by atoms with Crippen molar-refractivity contribution in [2.75, 3.05) is 12.4 Å². The van der Waals surface area contributed by atoms with Crippen molar-refractivity contribution in [2.45, 2.75) is 13.0 Å². The topological polar surface area (TPSA) is 114 Å². The number of rotatable bonds is 8. The Kier molecular flexibility index (Phi) is 6.72. The summed E-state index contributed by atoms with van der Waals surface area (Å²) in [5.41, 5.74) is 1.59. The zero-order valence-electron chi connectivity index (χ0n) is 18.5. The van der Waals surface area contributed by atoms with Crippen LogP contribution >= 0.6 is 0 Å². The van der Waals surface area contributed by atoms with Crippen molar-refractivity contribution in [2.24, 2.45) is 0 Å². The van der Waals surface area contributed by atoms with E-state index < -0.39 is 17.8 Å². The van der Waals surface area contributed by atoms with Crippen LogP contribution in [0.1, 0.15) is 11.1 Å². The molecule has 0 atom stereocenters. The smallest absolute Gasteiger partial charge is 0.331 e. The third kappa shape index (κ3) is 5.61. The fourth-order valence-electron chi connectivity index (χ4n) is 3.40. The van der Waals surface area contributed by atoms with Crippen molar-refractivity contribution >= 4 is 29.4 Å². The van der Waals surface area contributed by atoms with E-state index in [0.29, 0.717) is 28.5 Å². The van der Waals surface area contributed by atoms with Gasteiger partial charge in [0.05, 0.1) is 25.8 Å². The molecule has 35 heavy (non-hydrogen) atoms. The Morgan fingerprint density at radius 3 is 2.17 bits per heavy atom. The number of amides is 5. The van der Waals surface area contributed by atoms with Gasteiger partial charge in [0.1, 0.15) is 23.1 Å². The van der Waals surface area contributed by atoms with E-state index in [9.17, 15) is 23.6 Å². The maximum atomic E-state index is 13.0. The number of nitrogens with one attached hydrogen (secondary N) is 2. The Labute approximate surface area is 199 Å². The number of urea groups is 1. The number of hydrogen-bond acceptors (Lipinski definition) is 6. The Bertz CT molecular complexity index is 1290. The first-order chi connectivity index (χ1) is 16.8. The van der Waals surface area contributed by atoms with E-state index in [1.165, 1.54) is 31.4 Å². The number of hydrogen-bond donors (Lipinski definition) is 2. The molecule has 0 spiro atoms. The highest BCUT2D eigenvalue weighted by Crippen LogP contribution is 2.27. The highest BCUT2D eigenvalue weighted by Gasteiger charge is 2.36. The van der Waals surface area contributed by atoms with Crippen LogP contribution < -0.4 is 20.1 Å². The third-order valence-corrected chi connectivity index (χ3v) is 5.12. The molecule has 1 aliphatic heterocycles. The molecule has 2 N–H and O–H groups in total. The van der Waals surface area contributed by atoms with E-state index >= 15 is 0 Å². The van der Waals surface area contributed by atoms with Gasteiger partial charge in [-0.1, -0.05) is 18.2 Å². The van der Waals surface area contributed by atoms with Gasteiger partial charge in [-0.15, -0.1) is 0 Å². The van der Waals surface area contributed by atoms with Crippen LogP contribution in [-0.4, -0.2) is 35.8 Å². The van der Waals surface area contributed by atoms with Crippen molar-refractivity contribution in [3.05, 3.63) is 83.7 Å². The summed E-state index contributed by atoms with van der Waals surface area (Å²) < 4.78 is 24.0. The van der Waals surface area contributed by atoms with Gasteiger partial charge in [0.25, 0.3) is 0 Å². The van der Waals surface area contributed by atoms with E-state index in [0.717, 1.165) is 10.5 Å². The highest BCUT2D eigenvalue weighted by molar-refractivity contribution is 6.44. The summed E-state index contributed by atoms with van der Waals surface area (Å²) in [5.74, 6) is -1.19. The lowest BCUT2D eigenvalue weighted by molar-refractivity contribution is -0.140. The Morgan fingerprint density at radius 2 is 1.57 bits per heavy atom. The van der Waals surface area contributed by atoms with Crippen LogP contribution in [0.3, 0.4) is 0 Å². The number of carbonyl (C=O) groups is 4. The maximum absolute atomic E-state index is 13.0. The first-order valence-corrected chi connectivity index (χ1v) is 10.5. The minimum atomic E-state index is -0.980. The number of methoxy groups -OCH3 is 1. The quantitative estimate of drug-likeness (QED) is 0.380. The van der Waals surface area contributed by atoms with Crippen molar-refractivity contribution in [1.29, 1.82) is 0 Å². The summed E-state index contributed by atoms with van der Waals surface area (Å²) >= 11 is 0. The molecular formula is C25H20FN3O6. The fraction of sp³-hybridized carbons (Fsp3) is 0.120. The largest absolute Gasteiger partial charge is 0.495 e. The van der Waals surface area contributed by atoms with Crippen LogP contribution in [0.2, 0.25) is 0 Å². The number of carbonyl (C=O) groups excluding carboxylic acids is 4. The average molecular weight is 477 g/mol. The van der Waals surface area contributed by atoms with Gasteiger partial charge < -0.3 is 14.8 Å². The van der Waals surface area contributed by atoms with E-state index in [1.54, 1.807) is 42.5 Å². The molecule has 3 aromatic carbocycles. The molecule has 0 aromatic heterocycles. The minimum absolute atomic E-state index is 0.0612.